The summed E-state index contributed by atoms with van der Waals surface area (Å²) in [6.07, 6.45) is 1.24. The van der Waals surface area contributed by atoms with E-state index in [1.807, 2.05) is 30.3 Å². The summed E-state index contributed by atoms with van der Waals surface area (Å²) in [7, 11) is 0. The maximum absolute atomic E-state index is 8.54. The first-order valence-electron chi connectivity index (χ1n) is 5.11. The molecule has 0 aliphatic heterocycles. The van der Waals surface area contributed by atoms with Gasteiger partial charge in [0.2, 0.25) is 0 Å². The van der Waals surface area contributed by atoms with Crippen molar-refractivity contribution >= 4 is 0 Å². The van der Waals surface area contributed by atoms with E-state index in [9.17, 15) is 0 Å². The standard InChI is InChI=1S/C7H8O.C7H6.Na.H/c8-6-7-4-2-1-3-5-7;1-2-4-7-5-6(7)3-1;;/h1-5,8H,6H2;1-4H,5H2;;/q;;+1;-1. The molecule has 16 heavy (non-hydrogen) atoms. The average molecular weight is 222 g/mol. The molecule has 0 bridgehead atoms. The summed E-state index contributed by atoms with van der Waals surface area (Å²) < 4.78 is 0. The van der Waals surface area contributed by atoms with Crippen molar-refractivity contribution in [1.82, 2.24) is 0 Å². The van der Waals surface area contributed by atoms with Gasteiger partial charge in [-0.2, -0.15) is 0 Å². The van der Waals surface area contributed by atoms with E-state index in [2.05, 4.69) is 24.3 Å². The molecule has 0 atom stereocenters. The third kappa shape index (κ3) is 4.11. The first-order valence-corrected chi connectivity index (χ1v) is 5.11. The van der Waals surface area contributed by atoms with Crippen molar-refractivity contribution in [2.24, 2.45) is 0 Å². The molecular weight excluding hydrogens is 207 g/mol. The minimum atomic E-state index is 0. The van der Waals surface area contributed by atoms with E-state index >= 15 is 0 Å². The zero-order valence-electron chi connectivity index (χ0n) is 10.6. The molecule has 0 saturated carbocycles. The number of hydrogen-bond donors (Lipinski definition) is 1. The predicted molar refractivity (Wildman–Crippen MR) is 62.7 cm³/mol. The predicted octanol–water partition coefficient (Wildman–Crippen LogP) is -0.114. The number of benzene rings is 2. The molecule has 0 unspecified atom stereocenters. The SMILES string of the molecule is OCc1ccccc1.[H-].[Na+].c1ccc2c(c1)C2. The first-order chi connectivity index (χ1) is 7.40. The van der Waals surface area contributed by atoms with Crippen LogP contribution in [0.15, 0.2) is 54.6 Å². The van der Waals surface area contributed by atoms with E-state index in [1.165, 1.54) is 17.5 Å². The average Bonchev–Trinajstić information content (AvgIpc) is 3.10. The molecule has 2 aromatic rings. The van der Waals surface area contributed by atoms with Crippen molar-refractivity contribution in [1.29, 1.82) is 0 Å². The Balaban J connectivity index is 0.000000270. The van der Waals surface area contributed by atoms with Crippen LogP contribution in [-0.2, 0) is 13.0 Å². The Hall–Kier alpha value is -0.600. The normalized spacial score (nSPS) is 10.3. The van der Waals surface area contributed by atoms with Gasteiger partial charge in [0.15, 0.2) is 0 Å². The summed E-state index contributed by atoms with van der Waals surface area (Å²) in [6.45, 7) is 0.140. The van der Waals surface area contributed by atoms with Crippen LogP contribution in [0.4, 0.5) is 0 Å². The molecule has 3 rings (SSSR count). The second-order valence-electron chi connectivity index (χ2n) is 3.59. The van der Waals surface area contributed by atoms with Gasteiger partial charge in [-0.25, -0.2) is 0 Å². The minimum Gasteiger partial charge on any atom is -1.00 e. The van der Waals surface area contributed by atoms with Gasteiger partial charge in [0.05, 0.1) is 6.61 Å². The number of hydrogen-bond acceptors (Lipinski definition) is 1. The number of fused-ring (bicyclic) bond motifs is 1. The fraction of sp³-hybridized carbons (Fsp3) is 0.143. The van der Waals surface area contributed by atoms with Gasteiger partial charge in [0.25, 0.3) is 0 Å². The summed E-state index contributed by atoms with van der Waals surface area (Å²) >= 11 is 0. The zero-order chi connectivity index (χ0) is 10.5. The molecule has 2 aromatic carbocycles. The maximum atomic E-state index is 8.54. The fourth-order valence-electron chi connectivity index (χ4n) is 1.42. The summed E-state index contributed by atoms with van der Waals surface area (Å²) in [5.74, 6) is 0. The quantitative estimate of drug-likeness (QED) is 0.569. The van der Waals surface area contributed by atoms with Gasteiger partial charge in [-0.1, -0.05) is 54.6 Å². The van der Waals surface area contributed by atoms with Crippen molar-refractivity contribution in [3.05, 3.63) is 71.3 Å². The van der Waals surface area contributed by atoms with Crippen LogP contribution < -0.4 is 29.6 Å². The molecule has 1 N–H and O–H groups in total. The summed E-state index contributed by atoms with van der Waals surface area (Å²) in [5.41, 5.74) is 4.03. The Morgan fingerprint density at radius 2 is 1.38 bits per heavy atom. The van der Waals surface area contributed by atoms with Gasteiger partial charge in [-0.05, 0) is 23.1 Å². The van der Waals surface area contributed by atoms with E-state index in [0.29, 0.717) is 0 Å². The van der Waals surface area contributed by atoms with Gasteiger partial charge in [0.1, 0.15) is 0 Å². The molecule has 0 heterocycles. The Labute approximate surface area is 120 Å². The van der Waals surface area contributed by atoms with E-state index in [1.54, 1.807) is 0 Å². The second kappa shape index (κ2) is 6.87. The Morgan fingerprint density at radius 1 is 0.875 bits per heavy atom. The molecule has 0 aromatic heterocycles. The number of aliphatic hydroxyl groups excluding tert-OH is 1. The summed E-state index contributed by atoms with van der Waals surface area (Å²) in [6, 6.07) is 18.1. The number of aliphatic hydroxyl groups is 1. The molecule has 78 valence electrons. The summed E-state index contributed by atoms with van der Waals surface area (Å²) in [5, 5.41) is 8.54. The molecule has 1 aliphatic rings. The van der Waals surface area contributed by atoms with Crippen LogP contribution in [0.2, 0.25) is 0 Å². The van der Waals surface area contributed by atoms with Crippen LogP contribution >= 0.6 is 0 Å². The second-order valence-corrected chi connectivity index (χ2v) is 3.59. The van der Waals surface area contributed by atoms with Crippen LogP contribution in [-0.4, -0.2) is 5.11 Å². The van der Waals surface area contributed by atoms with Gasteiger partial charge in [-0.15, -0.1) is 0 Å². The molecule has 0 fully saturated rings. The maximum Gasteiger partial charge on any atom is 1.00 e. The summed E-state index contributed by atoms with van der Waals surface area (Å²) in [4.78, 5) is 0. The topological polar surface area (TPSA) is 20.2 Å². The van der Waals surface area contributed by atoms with Gasteiger partial charge in [-0.3, -0.25) is 0 Å². The smallest absolute Gasteiger partial charge is 1.00 e. The van der Waals surface area contributed by atoms with E-state index in [4.69, 9.17) is 5.11 Å². The van der Waals surface area contributed by atoms with Crippen molar-refractivity contribution in [2.75, 3.05) is 0 Å². The molecule has 2 heteroatoms. The van der Waals surface area contributed by atoms with Crippen LogP contribution in [0.3, 0.4) is 0 Å². The van der Waals surface area contributed by atoms with Crippen LogP contribution in [0, 0.1) is 0 Å². The van der Waals surface area contributed by atoms with Gasteiger partial charge >= 0.3 is 29.6 Å². The van der Waals surface area contributed by atoms with Crippen LogP contribution in [0.5, 0.6) is 0 Å². The van der Waals surface area contributed by atoms with Crippen molar-refractivity contribution in [3.8, 4) is 0 Å². The van der Waals surface area contributed by atoms with Crippen molar-refractivity contribution in [2.45, 2.75) is 13.0 Å². The van der Waals surface area contributed by atoms with Crippen molar-refractivity contribution in [3.63, 3.8) is 0 Å². The minimum absolute atomic E-state index is 0. The molecular formula is C14H15NaO. The van der Waals surface area contributed by atoms with E-state index in [0.717, 1.165) is 5.56 Å². The Morgan fingerprint density at radius 3 is 1.75 bits per heavy atom. The van der Waals surface area contributed by atoms with Gasteiger partial charge in [0, 0.05) is 0 Å². The zero-order valence-corrected chi connectivity index (χ0v) is 11.6. The fourth-order valence-corrected chi connectivity index (χ4v) is 1.42. The molecule has 0 saturated heterocycles. The third-order valence-corrected chi connectivity index (χ3v) is 2.40. The molecule has 0 spiro atoms. The monoisotopic (exact) mass is 222 g/mol. The van der Waals surface area contributed by atoms with E-state index < -0.39 is 0 Å². The largest absolute Gasteiger partial charge is 1.00 e. The Kier molecular flexibility index (Phi) is 5.78. The van der Waals surface area contributed by atoms with Gasteiger partial charge < -0.3 is 6.53 Å². The number of rotatable bonds is 1. The third-order valence-electron chi connectivity index (χ3n) is 2.40. The molecule has 0 radical (unpaired) electrons. The molecule has 1 nitrogen and oxygen atoms in total. The van der Waals surface area contributed by atoms with Crippen LogP contribution in [0.25, 0.3) is 0 Å². The van der Waals surface area contributed by atoms with Crippen LogP contribution in [0.1, 0.15) is 18.1 Å². The van der Waals surface area contributed by atoms with E-state index in [-0.39, 0.29) is 37.6 Å². The molecule has 0 amide bonds. The van der Waals surface area contributed by atoms with Crippen molar-refractivity contribution < 1.29 is 36.1 Å². The molecule has 1 aliphatic carbocycles. The first kappa shape index (κ1) is 13.5. The Bertz CT molecular complexity index is 410.